The van der Waals surface area contributed by atoms with Crippen molar-refractivity contribution in [2.45, 2.75) is 38.4 Å². The predicted octanol–water partition coefficient (Wildman–Crippen LogP) is 0.539. The van der Waals surface area contributed by atoms with Crippen LogP contribution in [-0.4, -0.2) is 33.5 Å². The first kappa shape index (κ1) is 12.1. The van der Waals surface area contributed by atoms with E-state index in [4.69, 9.17) is 5.11 Å². The third kappa shape index (κ3) is 6.31. The number of allylic oxidation sites excluding steroid dienone is 1. The highest BCUT2D eigenvalue weighted by Gasteiger charge is 2.15. The Morgan fingerprint density at radius 1 is 1.38 bits per heavy atom. The molecular weight excluding hydrogens is 172 g/mol. The minimum Gasteiger partial charge on any atom is -0.481 e. The molecule has 4 heteroatoms. The molecule has 0 bridgehead atoms. The molecule has 0 aromatic rings. The van der Waals surface area contributed by atoms with E-state index >= 15 is 0 Å². The fourth-order valence-corrected chi connectivity index (χ4v) is 0.896. The zero-order valence-electron chi connectivity index (χ0n) is 7.68. The van der Waals surface area contributed by atoms with Crippen molar-refractivity contribution >= 4 is 5.97 Å². The normalized spacial score (nSPS) is 15.9. The second-order valence-corrected chi connectivity index (χ2v) is 2.87. The van der Waals surface area contributed by atoms with Gasteiger partial charge < -0.3 is 15.3 Å². The fourth-order valence-electron chi connectivity index (χ4n) is 0.896. The minimum atomic E-state index is -0.961. The van der Waals surface area contributed by atoms with Crippen LogP contribution in [0.3, 0.4) is 0 Å². The summed E-state index contributed by atoms with van der Waals surface area (Å²) in [5, 5.41) is 26.8. The number of carboxylic acids is 1. The van der Waals surface area contributed by atoms with E-state index in [1.54, 1.807) is 12.2 Å². The van der Waals surface area contributed by atoms with E-state index in [1.807, 2.05) is 6.92 Å². The Bertz CT molecular complexity index is 176. The molecule has 76 valence electrons. The summed E-state index contributed by atoms with van der Waals surface area (Å²) in [5.41, 5.74) is 0. The van der Waals surface area contributed by atoms with Crippen LogP contribution in [0.4, 0.5) is 0 Å². The van der Waals surface area contributed by atoms with E-state index in [0.29, 0.717) is 6.42 Å². The number of carboxylic acid groups (broad SMARTS) is 1. The minimum absolute atomic E-state index is 0.0913. The Labute approximate surface area is 77.5 Å². The van der Waals surface area contributed by atoms with Crippen molar-refractivity contribution < 1.29 is 20.1 Å². The molecule has 13 heavy (non-hydrogen) atoms. The van der Waals surface area contributed by atoms with Crippen LogP contribution < -0.4 is 0 Å². The number of rotatable bonds is 6. The van der Waals surface area contributed by atoms with Crippen molar-refractivity contribution in [3.05, 3.63) is 12.2 Å². The summed E-state index contributed by atoms with van der Waals surface area (Å²) in [6, 6.07) is 0. The molecule has 0 amide bonds. The summed E-state index contributed by atoms with van der Waals surface area (Å²) in [6.45, 7) is 1.82. The quantitative estimate of drug-likeness (QED) is 0.531. The van der Waals surface area contributed by atoms with Gasteiger partial charge in [0, 0.05) is 6.42 Å². The Morgan fingerprint density at radius 3 is 2.46 bits per heavy atom. The maximum Gasteiger partial charge on any atom is 0.303 e. The van der Waals surface area contributed by atoms with Gasteiger partial charge in [-0.05, 0) is 19.8 Å². The van der Waals surface area contributed by atoms with Crippen molar-refractivity contribution in [1.29, 1.82) is 0 Å². The SMILES string of the molecule is C/C=C\CC(O)C(O)CCC(=O)O. The number of aliphatic hydroxyl groups excluding tert-OH is 2. The van der Waals surface area contributed by atoms with Gasteiger partial charge in [-0.15, -0.1) is 0 Å². The molecule has 0 rings (SSSR count). The average molecular weight is 188 g/mol. The zero-order chi connectivity index (χ0) is 10.3. The van der Waals surface area contributed by atoms with Gasteiger partial charge in [-0.2, -0.15) is 0 Å². The van der Waals surface area contributed by atoms with Crippen LogP contribution in [0.2, 0.25) is 0 Å². The smallest absolute Gasteiger partial charge is 0.303 e. The van der Waals surface area contributed by atoms with Gasteiger partial charge >= 0.3 is 5.97 Å². The third-order valence-electron chi connectivity index (χ3n) is 1.71. The van der Waals surface area contributed by atoms with E-state index in [1.165, 1.54) is 0 Å². The van der Waals surface area contributed by atoms with Crippen LogP contribution in [-0.2, 0) is 4.79 Å². The molecule has 0 saturated carbocycles. The molecule has 0 fully saturated rings. The summed E-state index contributed by atoms with van der Waals surface area (Å²) >= 11 is 0. The van der Waals surface area contributed by atoms with Gasteiger partial charge in [-0.1, -0.05) is 12.2 Å². The number of aliphatic carboxylic acids is 1. The summed E-state index contributed by atoms with van der Waals surface area (Å²) in [7, 11) is 0. The highest BCUT2D eigenvalue weighted by Crippen LogP contribution is 2.06. The number of carbonyl (C=O) groups is 1. The molecular formula is C9H16O4. The van der Waals surface area contributed by atoms with Crippen molar-refractivity contribution in [1.82, 2.24) is 0 Å². The Hall–Kier alpha value is -0.870. The van der Waals surface area contributed by atoms with Crippen molar-refractivity contribution in [2.24, 2.45) is 0 Å². The lowest BCUT2D eigenvalue weighted by Gasteiger charge is -2.14. The molecule has 0 radical (unpaired) electrons. The largest absolute Gasteiger partial charge is 0.481 e. The molecule has 2 unspecified atom stereocenters. The lowest BCUT2D eigenvalue weighted by atomic mass is 10.1. The van der Waals surface area contributed by atoms with Gasteiger partial charge in [0.15, 0.2) is 0 Å². The highest BCUT2D eigenvalue weighted by molar-refractivity contribution is 5.66. The Morgan fingerprint density at radius 2 is 2.00 bits per heavy atom. The van der Waals surface area contributed by atoms with Crippen LogP contribution in [0, 0.1) is 0 Å². The van der Waals surface area contributed by atoms with Crippen molar-refractivity contribution in [2.75, 3.05) is 0 Å². The number of hydrogen-bond donors (Lipinski definition) is 3. The molecule has 0 spiro atoms. The first-order chi connectivity index (χ1) is 6.07. The average Bonchev–Trinajstić information content (AvgIpc) is 2.10. The standard InChI is InChI=1S/C9H16O4/c1-2-3-4-7(10)8(11)5-6-9(12)13/h2-3,7-8,10-11H,4-6H2,1H3,(H,12,13)/b3-2-. The van der Waals surface area contributed by atoms with E-state index < -0.39 is 18.2 Å². The predicted molar refractivity (Wildman–Crippen MR) is 48.3 cm³/mol. The second kappa shape index (κ2) is 6.62. The van der Waals surface area contributed by atoms with E-state index in [2.05, 4.69) is 0 Å². The van der Waals surface area contributed by atoms with Crippen LogP contribution in [0.25, 0.3) is 0 Å². The molecule has 0 saturated heterocycles. The van der Waals surface area contributed by atoms with Crippen LogP contribution in [0.5, 0.6) is 0 Å². The highest BCUT2D eigenvalue weighted by atomic mass is 16.4. The van der Waals surface area contributed by atoms with Gasteiger partial charge in [-0.3, -0.25) is 4.79 Å². The lowest BCUT2D eigenvalue weighted by Crippen LogP contribution is -2.25. The third-order valence-corrected chi connectivity index (χ3v) is 1.71. The summed E-state index contributed by atoms with van der Waals surface area (Å²) < 4.78 is 0. The molecule has 0 aliphatic carbocycles. The molecule has 0 aliphatic heterocycles. The number of hydrogen-bond acceptors (Lipinski definition) is 3. The van der Waals surface area contributed by atoms with Crippen LogP contribution in [0.1, 0.15) is 26.2 Å². The van der Waals surface area contributed by atoms with Crippen LogP contribution >= 0.6 is 0 Å². The molecule has 0 aromatic heterocycles. The van der Waals surface area contributed by atoms with Crippen molar-refractivity contribution in [3.8, 4) is 0 Å². The molecule has 0 aromatic carbocycles. The summed E-state index contributed by atoms with van der Waals surface area (Å²) in [4.78, 5) is 10.1. The van der Waals surface area contributed by atoms with Crippen molar-refractivity contribution in [3.63, 3.8) is 0 Å². The Balaban J connectivity index is 3.68. The fraction of sp³-hybridized carbons (Fsp3) is 0.667. The van der Waals surface area contributed by atoms with E-state index in [0.717, 1.165) is 0 Å². The maximum absolute atomic E-state index is 10.1. The van der Waals surface area contributed by atoms with Gasteiger partial charge in [0.25, 0.3) is 0 Å². The second-order valence-electron chi connectivity index (χ2n) is 2.87. The maximum atomic E-state index is 10.1. The van der Waals surface area contributed by atoms with E-state index in [-0.39, 0.29) is 12.8 Å². The zero-order valence-corrected chi connectivity index (χ0v) is 7.68. The molecule has 4 nitrogen and oxygen atoms in total. The molecule has 3 N–H and O–H groups in total. The van der Waals surface area contributed by atoms with Crippen LogP contribution in [0.15, 0.2) is 12.2 Å². The summed E-state index contributed by atoms with van der Waals surface area (Å²) in [5.74, 6) is -0.961. The molecule has 0 heterocycles. The van der Waals surface area contributed by atoms with E-state index in [9.17, 15) is 15.0 Å². The summed E-state index contributed by atoms with van der Waals surface area (Å²) in [6.07, 6.45) is 2.02. The van der Waals surface area contributed by atoms with Gasteiger partial charge in [0.2, 0.25) is 0 Å². The Kier molecular flexibility index (Phi) is 6.18. The topological polar surface area (TPSA) is 77.8 Å². The first-order valence-corrected chi connectivity index (χ1v) is 4.27. The van der Waals surface area contributed by atoms with Gasteiger partial charge in [0.05, 0.1) is 12.2 Å². The van der Waals surface area contributed by atoms with Gasteiger partial charge in [0.1, 0.15) is 0 Å². The first-order valence-electron chi connectivity index (χ1n) is 4.27. The lowest BCUT2D eigenvalue weighted by molar-refractivity contribution is -0.138. The monoisotopic (exact) mass is 188 g/mol. The van der Waals surface area contributed by atoms with Gasteiger partial charge in [-0.25, -0.2) is 0 Å². The molecule has 2 atom stereocenters. The molecule has 0 aliphatic rings. The number of aliphatic hydroxyl groups is 2.